The van der Waals surface area contributed by atoms with Crippen LogP contribution in [0.2, 0.25) is 5.02 Å². The lowest BCUT2D eigenvalue weighted by molar-refractivity contribution is -0.132. The minimum absolute atomic E-state index is 0.0197. The van der Waals surface area contributed by atoms with Crippen LogP contribution in [0, 0.1) is 0 Å². The largest absolute Gasteiger partial charge is 0.493 e. The number of nitrogens with zero attached hydrogens (tertiary/aromatic N) is 2. The molecule has 3 aromatic rings. The second-order valence-corrected chi connectivity index (χ2v) is 11.1. The highest BCUT2D eigenvalue weighted by molar-refractivity contribution is 6.30. The van der Waals surface area contributed by atoms with Gasteiger partial charge in [-0.3, -0.25) is 9.59 Å². The molecule has 1 fully saturated rings. The maximum absolute atomic E-state index is 13.9. The summed E-state index contributed by atoms with van der Waals surface area (Å²) in [6, 6.07) is 26.0. The number of carbonyl (C=O) groups is 2. The van der Waals surface area contributed by atoms with E-state index in [1.807, 2.05) is 59.3 Å². The Kier molecular flexibility index (Phi) is 8.88. The van der Waals surface area contributed by atoms with E-state index in [1.165, 1.54) is 5.56 Å². The number of carbonyl (C=O) groups excluding carboxylic acids is 2. The summed E-state index contributed by atoms with van der Waals surface area (Å²) < 4.78 is 5.86. The molecule has 0 aromatic heterocycles. The van der Waals surface area contributed by atoms with Crippen LogP contribution in [-0.2, 0) is 22.4 Å². The number of fused-ring (bicyclic) bond motifs is 2. The molecule has 2 aliphatic heterocycles. The number of hydrogen-bond acceptors (Lipinski definition) is 4. The Labute approximate surface area is 241 Å². The first-order chi connectivity index (χ1) is 19.4. The van der Waals surface area contributed by atoms with E-state index in [4.69, 9.17) is 16.3 Å². The highest BCUT2D eigenvalue weighted by Gasteiger charge is 2.39. The molecule has 1 saturated heterocycles. The smallest absolute Gasteiger partial charge is 0.251 e. The number of ether oxygens (including phenoxy) is 1. The number of piperazine rings is 1. The van der Waals surface area contributed by atoms with Gasteiger partial charge in [0.1, 0.15) is 5.75 Å². The third kappa shape index (κ3) is 6.75. The van der Waals surface area contributed by atoms with Crippen molar-refractivity contribution in [2.75, 3.05) is 33.3 Å². The third-order valence-electron chi connectivity index (χ3n) is 7.76. The minimum atomic E-state index is -0.191. The molecule has 40 heavy (non-hydrogen) atoms. The topological polar surface area (TPSA) is 61.9 Å². The summed E-state index contributed by atoms with van der Waals surface area (Å²) >= 11 is 6.05. The zero-order valence-corrected chi connectivity index (χ0v) is 23.9. The van der Waals surface area contributed by atoms with Crippen molar-refractivity contribution in [3.63, 3.8) is 0 Å². The van der Waals surface area contributed by atoms with Crippen LogP contribution >= 0.6 is 11.6 Å². The Balaban J connectivity index is 1.34. The van der Waals surface area contributed by atoms with Crippen molar-refractivity contribution >= 4 is 29.0 Å². The van der Waals surface area contributed by atoms with Gasteiger partial charge in [-0.15, -0.1) is 0 Å². The molecule has 0 radical (unpaired) electrons. The van der Waals surface area contributed by atoms with E-state index < -0.39 is 0 Å². The maximum atomic E-state index is 13.9. The molecule has 3 aromatic carbocycles. The van der Waals surface area contributed by atoms with Crippen LogP contribution in [0.15, 0.2) is 84.4 Å². The number of rotatable bonds is 9. The monoisotopic (exact) mass is 557 g/mol. The van der Waals surface area contributed by atoms with Crippen molar-refractivity contribution in [3.8, 4) is 5.75 Å². The van der Waals surface area contributed by atoms with E-state index >= 15 is 0 Å². The Bertz CT molecular complexity index is 1370. The Hall–Kier alpha value is -3.61. The normalized spacial score (nSPS) is 18.4. The molecule has 2 bridgehead atoms. The predicted octanol–water partition coefficient (Wildman–Crippen LogP) is 5.01. The van der Waals surface area contributed by atoms with E-state index in [1.54, 1.807) is 6.92 Å². The standard InChI is InChI=1S/C33H36ClN3O3/c1-23(38)37-21-28-20-30(26-13-11-25(12-14-26)16-18-40-29-10-6-9-27(34)19-29)32(31(22-37)35-28)33(39)36(2)17-15-24-7-4-3-5-8-24/h3-14,19,28,31,35H,15-18,20-22H2,1-2H3/t28-,31-/m1/s1. The molecule has 0 spiro atoms. The summed E-state index contributed by atoms with van der Waals surface area (Å²) in [6.07, 6.45) is 2.25. The molecule has 2 heterocycles. The van der Waals surface area contributed by atoms with Gasteiger partial charge in [0.05, 0.1) is 12.6 Å². The molecule has 1 N–H and O–H groups in total. The fourth-order valence-corrected chi connectivity index (χ4v) is 5.77. The SMILES string of the molecule is CC(=O)N1C[C@H]2CC(c3ccc(CCOc4cccc(Cl)c4)cc3)=C(C(=O)N(C)CCc3ccccc3)[C@@H](C1)N2. The van der Waals surface area contributed by atoms with Gasteiger partial charge in [-0.2, -0.15) is 0 Å². The summed E-state index contributed by atoms with van der Waals surface area (Å²) in [5, 5.41) is 4.29. The van der Waals surface area contributed by atoms with Crippen molar-refractivity contribution < 1.29 is 14.3 Å². The fourth-order valence-electron chi connectivity index (χ4n) is 5.59. The summed E-state index contributed by atoms with van der Waals surface area (Å²) in [5.74, 6) is 0.828. The molecule has 6 nitrogen and oxygen atoms in total. The van der Waals surface area contributed by atoms with E-state index in [-0.39, 0.29) is 23.9 Å². The van der Waals surface area contributed by atoms with Crippen LogP contribution in [0.3, 0.4) is 0 Å². The van der Waals surface area contributed by atoms with E-state index in [2.05, 4.69) is 41.7 Å². The number of hydrogen-bond donors (Lipinski definition) is 1. The van der Waals surface area contributed by atoms with Gasteiger partial charge in [0.15, 0.2) is 0 Å². The van der Waals surface area contributed by atoms with Gasteiger partial charge in [-0.25, -0.2) is 0 Å². The average Bonchev–Trinajstić information content (AvgIpc) is 2.96. The Morgan fingerprint density at radius 1 is 0.975 bits per heavy atom. The molecule has 7 heteroatoms. The van der Waals surface area contributed by atoms with Crippen LogP contribution in [0.5, 0.6) is 5.75 Å². The van der Waals surface area contributed by atoms with Gasteiger partial charge in [-0.05, 0) is 53.3 Å². The van der Waals surface area contributed by atoms with Crippen molar-refractivity contribution in [1.29, 1.82) is 0 Å². The van der Waals surface area contributed by atoms with Crippen molar-refractivity contribution in [3.05, 3.63) is 106 Å². The average molecular weight is 558 g/mol. The van der Waals surface area contributed by atoms with Crippen LogP contribution < -0.4 is 10.1 Å². The van der Waals surface area contributed by atoms with Crippen molar-refractivity contribution in [2.24, 2.45) is 0 Å². The van der Waals surface area contributed by atoms with Crippen LogP contribution in [0.1, 0.15) is 30.0 Å². The van der Waals surface area contributed by atoms with Crippen LogP contribution in [0.25, 0.3) is 5.57 Å². The molecule has 0 saturated carbocycles. The Morgan fingerprint density at radius 3 is 2.45 bits per heavy atom. The first kappa shape index (κ1) is 27.9. The van der Waals surface area contributed by atoms with Gasteiger partial charge in [-0.1, -0.05) is 72.3 Å². The zero-order chi connectivity index (χ0) is 28.1. The number of nitrogens with one attached hydrogen (secondary N) is 1. The van der Waals surface area contributed by atoms with Gasteiger partial charge in [0.2, 0.25) is 5.91 Å². The molecular formula is C33H36ClN3O3. The fraction of sp³-hybridized carbons (Fsp3) is 0.333. The van der Waals surface area contributed by atoms with E-state index in [9.17, 15) is 9.59 Å². The predicted molar refractivity (Wildman–Crippen MR) is 159 cm³/mol. The lowest BCUT2D eigenvalue weighted by Gasteiger charge is -2.44. The number of benzene rings is 3. The Morgan fingerprint density at radius 2 is 1.73 bits per heavy atom. The van der Waals surface area contributed by atoms with Gasteiger partial charge >= 0.3 is 0 Å². The molecule has 0 unspecified atom stereocenters. The number of halogens is 1. The first-order valence-electron chi connectivity index (χ1n) is 13.9. The third-order valence-corrected chi connectivity index (χ3v) is 8.00. The molecule has 208 valence electrons. The van der Waals surface area contributed by atoms with Crippen molar-refractivity contribution in [1.82, 2.24) is 15.1 Å². The second-order valence-electron chi connectivity index (χ2n) is 10.7. The van der Waals surface area contributed by atoms with Gasteiger partial charge < -0.3 is 19.9 Å². The van der Waals surface area contributed by atoms with Crippen LogP contribution in [0.4, 0.5) is 0 Å². The van der Waals surface area contributed by atoms with Crippen molar-refractivity contribution in [2.45, 2.75) is 38.3 Å². The lowest BCUT2D eigenvalue weighted by Crippen LogP contribution is -2.61. The highest BCUT2D eigenvalue weighted by Crippen LogP contribution is 2.34. The minimum Gasteiger partial charge on any atom is -0.493 e. The van der Waals surface area contributed by atoms with E-state index in [0.29, 0.717) is 37.7 Å². The first-order valence-corrected chi connectivity index (χ1v) is 14.3. The highest BCUT2D eigenvalue weighted by atomic mass is 35.5. The van der Waals surface area contributed by atoms with Crippen LogP contribution in [-0.4, -0.2) is 67.0 Å². The summed E-state index contributed by atoms with van der Waals surface area (Å²) in [5.41, 5.74) is 5.28. The molecule has 2 aliphatic rings. The summed E-state index contributed by atoms with van der Waals surface area (Å²) in [6.45, 7) is 3.93. The molecular weight excluding hydrogens is 522 g/mol. The van der Waals surface area contributed by atoms with Gasteiger partial charge in [0, 0.05) is 56.7 Å². The maximum Gasteiger partial charge on any atom is 0.251 e. The molecule has 2 atom stereocenters. The zero-order valence-electron chi connectivity index (χ0n) is 23.1. The summed E-state index contributed by atoms with van der Waals surface area (Å²) in [7, 11) is 1.87. The van der Waals surface area contributed by atoms with Gasteiger partial charge in [0.25, 0.3) is 5.91 Å². The second kappa shape index (κ2) is 12.7. The van der Waals surface area contributed by atoms with E-state index in [0.717, 1.165) is 40.9 Å². The number of amides is 2. The molecule has 5 rings (SSSR count). The molecule has 0 aliphatic carbocycles. The number of likely N-dealkylation sites (N-methyl/N-ethyl adjacent to an activating group) is 1. The summed E-state index contributed by atoms with van der Waals surface area (Å²) in [4.78, 5) is 29.9. The quantitative estimate of drug-likeness (QED) is 0.402. The molecule has 2 amide bonds. The lowest BCUT2D eigenvalue weighted by atomic mass is 9.82.